The Morgan fingerprint density at radius 1 is 1.57 bits per heavy atom. The zero-order valence-corrected chi connectivity index (χ0v) is 9.77. The molecule has 1 aromatic heterocycles. The second-order valence-electron chi connectivity index (χ2n) is 4.70. The molecule has 0 radical (unpaired) electrons. The van der Waals surface area contributed by atoms with Crippen LogP contribution >= 0.6 is 11.3 Å². The fraction of sp³-hybridized carbons (Fsp3) is 0.727. The fourth-order valence-electron chi connectivity index (χ4n) is 2.07. The lowest BCUT2D eigenvalue weighted by atomic mass is 9.65. The molecule has 2 nitrogen and oxygen atoms in total. The summed E-state index contributed by atoms with van der Waals surface area (Å²) in [4.78, 5) is 4.37. The van der Waals surface area contributed by atoms with Crippen LogP contribution in [0.2, 0.25) is 0 Å². The highest BCUT2D eigenvalue weighted by atomic mass is 32.1. The van der Waals surface area contributed by atoms with Gasteiger partial charge in [0.05, 0.1) is 10.7 Å². The lowest BCUT2D eigenvalue weighted by molar-refractivity contribution is -0.0961. The van der Waals surface area contributed by atoms with Crippen molar-refractivity contribution >= 4 is 11.3 Å². The Labute approximate surface area is 89.0 Å². The number of aromatic nitrogens is 1. The molecule has 0 atom stereocenters. The average molecular weight is 211 g/mol. The maximum atomic E-state index is 10.3. The van der Waals surface area contributed by atoms with E-state index in [9.17, 15) is 5.11 Å². The Morgan fingerprint density at radius 2 is 2.21 bits per heavy atom. The molecule has 1 aliphatic carbocycles. The van der Waals surface area contributed by atoms with E-state index in [1.165, 1.54) is 0 Å². The van der Waals surface area contributed by atoms with Gasteiger partial charge in [-0.05, 0) is 31.6 Å². The van der Waals surface area contributed by atoms with Crippen LogP contribution in [0.4, 0.5) is 0 Å². The van der Waals surface area contributed by atoms with Gasteiger partial charge in [0.1, 0.15) is 5.60 Å². The van der Waals surface area contributed by atoms with Gasteiger partial charge in [-0.15, -0.1) is 11.3 Å². The highest BCUT2D eigenvalue weighted by molar-refractivity contribution is 7.09. The molecular weight excluding hydrogens is 194 g/mol. The molecule has 0 unspecified atom stereocenters. The van der Waals surface area contributed by atoms with Crippen molar-refractivity contribution in [1.29, 1.82) is 0 Å². The van der Waals surface area contributed by atoms with Crippen molar-refractivity contribution in [1.82, 2.24) is 4.98 Å². The first-order chi connectivity index (χ1) is 6.51. The fourth-order valence-corrected chi connectivity index (χ4v) is 2.77. The second-order valence-corrected chi connectivity index (χ2v) is 5.76. The van der Waals surface area contributed by atoms with Gasteiger partial charge in [-0.25, -0.2) is 4.98 Å². The van der Waals surface area contributed by atoms with Crippen molar-refractivity contribution in [3.63, 3.8) is 0 Å². The van der Waals surface area contributed by atoms with Crippen molar-refractivity contribution in [3.05, 3.63) is 16.1 Å². The molecule has 0 aromatic carbocycles. The molecule has 78 valence electrons. The van der Waals surface area contributed by atoms with Gasteiger partial charge in [0.15, 0.2) is 0 Å². The monoisotopic (exact) mass is 211 g/mol. The molecule has 14 heavy (non-hydrogen) atoms. The zero-order chi connectivity index (χ0) is 10.3. The summed E-state index contributed by atoms with van der Waals surface area (Å²) in [6.07, 6.45) is 1.77. The summed E-state index contributed by atoms with van der Waals surface area (Å²) in [5.41, 5.74) is 0.275. The second kappa shape index (κ2) is 3.31. The third-order valence-electron chi connectivity index (χ3n) is 3.24. The highest BCUT2D eigenvalue weighted by Crippen LogP contribution is 2.48. The number of hydrogen-bond acceptors (Lipinski definition) is 3. The number of hydrogen-bond donors (Lipinski definition) is 1. The smallest absolute Gasteiger partial charge is 0.108 e. The van der Waals surface area contributed by atoms with Crippen LogP contribution in [0, 0.1) is 18.8 Å². The van der Waals surface area contributed by atoms with Gasteiger partial charge < -0.3 is 5.11 Å². The highest BCUT2D eigenvalue weighted by Gasteiger charge is 2.46. The van der Waals surface area contributed by atoms with Gasteiger partial charge in [-0.3, -0.25) is 0 Å². The minimum Gasteiger partial charge on any atom is -0.384 e. The molecule has 0 aliphatic heterocycles. The van der Waals surface area contributed by atoms with Crippen molar-refractivity contribution in [3.8, 4) is 0 Å². The standard InChI is InChI=1S/C11H17NOS/c1-7(2)9-4-11(13,5-9)10-6-14-8(3)12-10/h6-7,9,13H,4-5H2,1-3H3. The number of thiazole rings is 1. The van der Waals surface area contributed by atoms with Gasteiger partial charge in [-0.1, -0.05) is 13.8 Å². The molecule has 1 aromatic rings. The van der Waals surface area contributed by atoms with E-state index in [1.807, 2.05) is 12.3 Å². The van der Waals surface area contributed by atoms with E-state index in [0.29, 0.717) is 11.8 Å². The summed E-state index contributed by atoms with van der Waals surface area (Å²) < 4.78 is 0. The van der Waals surface area contributed by atoms with Crippen LogP contribution in [0.5, 0.6) is 0 Å². The van der Waals surface area contributed by atoms with Gasteiger partial charge in [0.25, 0.3) is 0 Å². The van der Waals surface area contributed by atoms with Gasteiger partial charge >= 0.3 is 0 Å². The Hall–Kier alpha value is -0.410. The van der Waals surface area contributed by atoms with Crippen molar-refractivity contribution in [2.45, 2.75) is 39.2 Å². The minimum atomic E-state index is -0.611. The lowest BCUT2D eigenvalue weighted by Crippen LogP contribution is -2.43. The molecule has 1 N–H and O–H groups in total. The van der Waals surface area contributed by atoms with E-state index in [4.69, 9.17) is 0 Å². The molecule has 1 heterocycles. The first kappa shape index (κ1) is 10.1. The molecule has 2 rings (SSSR count). The lowest BCUT2D eigenvalue weighted by Gasteiger charge is -2.44. The Balaban J connectivity index is 2.07. The number of aryl methyl sites for hydroxylation is 1. The summed E-state index contributed by atoms with van der Waals surface area (Å²) in [6.45, 7) is 6.42. The van der Waals surface area contributed by atoms with Crippen LogP contribution in [-0.4, -0.2) is 10.1 Å². The molecule has 0 spiro atoms. The van der Waals surface area contributed by atoms with Crippen molar-refractivity contribution in [2.75, 3.05) is 0 Å². The summed E-state index contributed by atoms with van der Waals surface area (Å²) >= 11 is 1.62. The SMILES string of the molecule is Cc1nc(C2(O)CC(C(C)C)C2)cs1. The maximum Gasteiger partial charge on any atom is 0.108 e. The molecule has 0 saturated heterocycles. The van der Waals surface area contributed by atoms with Gasteiger partial charge in [0, 0.05) is 5.38 Å². The Bertz CT molecular complexity index is 326. The first-order valence-corrected chi connectivity index (χ1v) is 6.04. The van der Waals surface area contributed by atoms with E-state index < -0.39 is 5.60 Å². The summed E-state index contributed by atoms with van der Waals surface area (Å²) in [5.74, 6) is 1.34. The number of aliphatic hydroxyl groups is 1. The van der Waals surface area contributed by atoms with Crippen molar-refractivity contribution in [2.24, 2.45) is 11.8 Å². The third-order valence-corrected chi connectivity index (χ3v) is 4.01. The summed E-state index contributed by atoms with van der Waals surface area (Å²) in [6, 6.07) is 0. The van der Waals surface area contributed by atoms with Crippen molar-refractivity contribution < 1.29 is 5.11 Å². The largest absolute Gasteiger partial charge is 0.384 e. The normalized spacial score (nSPS) is 31.9. The van der Waals surface area contributed by atoms with Crippen LogP contribution in [0.1, 0.15) is 37.4 Å². The predicted octanol–water partition coefficient (Wildman–Crippen LogP) is 2.71. The van der Waals surface area contributed by atoms with E-state index in [0.717, 1.165) is 23.5 Å². The Morgan fingerprint density at radius 3 is 2.64 bits per heavy atom. The van der Waals surface area contributed by atoms with Gasteiger partial charge in [-0.2, -0.15) is 0 Å². The summed E-state index contributed by atoms with van der Waals surface area (Å²) in [5, 5.41) is 13.3. The van der Waals surface area contributed by atoms with E-state index in [-0.39, 0.29) is 0 Å². The van der Waals surface area contributed by atoms with Crippen LogP contribution in [0.25, 0.3) is 0 Å². The van der Waals surface area contributed by atoms with Crippen LogP contribution in [0.15, 0.2) is 5.38 Å². The number of rotatable bonds is 2. The Kier molecular flexibility index (Phi) is 2.40. The van der Waals surface area contributed by atoms with E-state index in [1.54, 1.807) is 11.3 Å². The molecule has 1 saturated carbocycles. The van der Waals surface area contributed by atoms with E-state index in [2.05, 4.69) is 18.8 Å². The molecule has 0 amide bonds. The topological polar surface area (TPSA) is 33.1 Å². The molecule has 3 heteroatoms. The maximum absolute atomic E-state index is 10.3. The summed E-state index contributed by atoms with van der Waals surface area (Å²) in [7, 11) is 0. The van der Waals surface area contributed by atoms with Crippen LogP contribution < -0.4 is 0 Å². The van der Waals surface area contributed by atoms with Crippen LogP contribution in [0.3, 0.4) is 0 Å². The first-order valence-electron chi connectivity index (χ1n) is 5.16. The van der Waals surface area contributed by atoms with Gasteiger partial charge in [0.2, 0.25) is 0 Å². The molecule has 1 fully saturated rings. The number of nitrogens with zero attached hydrogens (tertiary/aromatic N) is 1. The predicted molar refractivity (Wildman–Crippen MR) is 58.3 cm³/mol. The average Bonchev–Trinajstić information content (AvgIpc) is 2.45. The molecule has 0 bridgehead atoms. The minimum absolute atomic E-state index is 0.611. The molecule has 1 aliphatic rings. The molecular formula is C11H17NOS. The zero-order valence-electron chi connectivity index (χ0n) is 8.95. The third kappa shape index (κ3) is 1.59. The van der Waals surface area contributed by atoms with Crippen LogP contribution in [-0.2, 0) is 5.60 Å². The van der Waals surface area contributed by atoms with E-state index >= 15 is 0 Å². The quantitative estimate of drug-likeness (QED) is 0.816.